The maximum atomic E-state index is 9.84. The SMILES string of the molecule is CNc1nc(C)cc(N2CCc3c(c(C)nn3CC34CCCC(C3)C(NCC3(CO)COC3)CC4)C2)c1C=N. The van der Waals surface area contributed by atoms with Crippen LogP contribution in [-0.2, 0) is 24.2 Å². The maximum absolute atomic E-state index is 9.84. The van der Waals surface area contributed by atoms with E-state index in [1.807, 2.05) is 14.0 Å². The fourth-order valence-corrected chi connectivity index (χ4v) is 7.82. The molecule has 1 saturated heterocycles. The Morgan fingerprint density at radius 3 is 2.82 bits per heavy atom. The lowest BCUT2D eigenvalue weighted by molar-refractivity contribution is -0.136. The van der Waals surface area contributed by atoms with E-state index in [0.717, 1.165) is 61.1 Å². The van der Waals surface area contributed by atoms with Gasteiger partial charge in [-0.1, -0.05) is 6.42 Å². The van der Waals surface area contributed by atoms with Gasteiger partial charge in [-0.25, -0.2) is 4.98 Å². The normalized spacial score (nSPS) is 27.5. The minimum atomic E-state index is -0.0637. The van der Waals surface area contributed by atoms with Gasteiger partial charge in [-0.15, -0.1) is 0 Å². The fraction of sp³-hybridized carbons (Fsp3) is 0.700. The highest BCUT2D eigenvalue weighted by Gasteiger charge is 2.46. The summed E-state index contributed by atoms with van der Waals surface area (Å²) in [5.41, 5.74) is 7.07. The van der Waals surface area contributed by atoms with Gasteiger partial charge in [0.25, 0.3) is 0 Å². The van der Waals surface area contributed by atoms with Crippen LogP contribution in [0.25, 0.3) is 0 Å². The molecule has 9 heteroatoms. The van der Waals surface area contributed by atoms with E-state index in [1.165, 1.54) is 56.0 Å². The topological polar surface area (TPSA) is 111 Å². The minimum absolute atomic E-state index is 0.0637. The van der Waals surface area contributed by atoms with Gasteiger partial charge >= 0.3 is 0 Å². The van der Waals surface area contributed by atoms with Crippen molar-refractivity contribution >= 4 is 17.7 Å². The van der Waals surface area contributed by atoms with Gasteiger partial charge in [0.1, 0.15) is 5.82 Å². The Bertz CT molecular complexity index is 1220. The third-order valence-corrected chi connectivity index (χ3v) is 10.1. The molecule has 39 heavy (non-hydrogen) atoms. The summed E-state index contributed by atoms with van der Waals surface area (Å²) in [6, 6.07) is 2.67. The van der Waals surface area contributed by atoms with Crippen LogP contribution in [0, 0.1) is 36.0 Å². The van der Waals surface area contributed by atoms with Crippen LogP contribution in [0.1, 0.15) is 66.7 Å². The van der Waals surface area contributed by atoms with Crippen molar-refractivity contribution in [2.75, 3.05) is 50.2 Å². The zero-order valence-corrected chi connectivity index (χ0v) is 23.9. The van der Waals surface area contributed by atoms with Crippen LogP contribution in [0.5, 0.6) is 0 Å². The Labute approximate surface area is 232 Å². The smallest absolute Gasteiger partial charge is 0.136 e. The number of aliphatic hydroxyl groups excluding tert-OH is 1. The van der Waals surface area contributed by atoms with Crippen molar-refractivity contribution in [3.05, 3.63) is 34.3 Å². The number of fused-ring (bicyclic) bond motifs is 3. The molecule has 2 saturated carbocycles. The molecule has 4 N–H and O–H groups in total. The van der Waals surface area contributed by atoms with E-state index in [2.05, 4.69) is 38.2 Å². The summed E-state index contributed by atoms with van der Waals surface area (Å²) in [4.78, 5) is 6.99. The molecule has 2 aromatic heterocycles. The third kappa shape index (κ3) is 4.87. The van der Waals surface area contributed by atoms with Gasteiger partial charge in [0, 0.05) is 68.9 Å². The van der Waals surface area contributed by atoms with Gasteiger partial charge in [0.05, 0.1) is 42.2 Å². The lowest BCUT2D eigenvalue weighted by Crippen LogP contribution is -2.56. The van der Waals surface area contributed by atoms with E-state index in [0.29, 0.717) is 30.6 Å². The second-order valence-corrected chi connectivity index (χ2v) is 12.8. The number of rotatable bonds is 9. The van der Waals surface area contributed by atoms with Gasteiger partial charge in [-0.3, -0.25) is 4.68 Å². The Morgan fingerprint density at radius 2 is 2.10 bits per heavy atom. The number of hydrogen-bond donors (Lipinski definition) is 4. The fourth-order valence-electron chi connectivity index (χ4n) is 7.82. The van der Waals surface area contributed by atoms with Crippen LogP contribution in [0.2, 0.25) is 0 Å². The van der Waals surface area contributed by atoms with Crippen LogP contribution in [0.4, 0.5) is 11.5 Å². The average molecular weight is 536 g/mol. The second kappa shape index (κ2) is 10.5. The maximum Gasteiger partial charge on any atom is 0.136 e. The molecule has 4 heterocycles. The minimum Gasteiger partial charge on any atom is -0.396 e. The number of pyridine rings is 1. The van der Waals surface area contributed by atoms with E-state index in [1.54, 1.807) is 0 Å². The Balaban J connectivity index is 1.17. The summed E-state index contributed by atoms with van der Waals surface area (Å²) in [7, 11) is 1.87. The molecule has 212 valence electrons. The molecule has 0 aromatic carbocycles. The van der Waals surface area contributed by atoms with Gasteiger partial charge < -0.3 is 30.8 Å². The summed E-state index contributed by atoms with van der Waals surface area (Å²) >= 11 is 0. The highest BCUT2D eigenvalue weighted by molar-refractivity contribution is 5.92. The molecule has 0 spiro atoms. The molecule has 2 bridgehead atoms. The van der Waals surface area contributed by atoms with Crippen LogP contribution < -0.4 is 15.5 Å². The molecular weight excluding hydrogens is 490 g/mol. The van der Waals surface area contributed by atoms with Crippen molar-refractivity contribution in [2.45, 2.75) is 77.9 Å². The molecule has 2 aromatic rings. The zero-order chi connectivity index (χ0) is 27.2. The molecule has 9 nitrogen and oxygen atoms in total. The molecule has 2 aliphatic heterocycles. The van der Waals surface area contributed by atoms with Gasteiger partial charge in [0.15, 0.2) is 0 Å². The van der Waals surface area contributed by atoms with Crippen molar-refractivity contribution in [2.24, 2.45) is 16.7 Å². The van der Waals surface area contributed by atoms with Crippen molar-refractivity contribution < 1.29 is 9.84 Å². The molecule has 3 fully saturated rings. The zero-order valence-electron chi connectivity index (χ0n) is 23.9. The first-order valence-electron chi connectivity index (χ1n) is 14.8. The monoisotopic (exact) mass is 535 g/mol. The third-order valence-electron chi connectivity index (χ3n) is 10.1. The first-order chi connectivity index (χ1) is 18.9. The van der Waals surface area contributed by atoms with E-state index in [9.17, 15) is 5.11 Å². The van der Waals surface area contributed by atoms with Crippen LogP contribution >= 0.6 is 0 Å². The first-order valence-corrected chi connectivity index (χ1v) is 14.8. The predicted octanol–water partition coefficient (Wildman–Crippen LogP) is 3.43. The predicted molar refractivity (Wildman–Crippen MR) is 154 cm³/mol. The number of nitrogens with one attached hydrogen (secondary N) is 3. The number of nitrogens with zero attached hydrogens (tertiary/aromatic N) is 4. The summed E-state index contributed by atoms with van der Waals surface area (Å²) in [5.74, 6) is 1.48. The Hall–Kier alpha value is -2.49. The molecule has 2 aliphatic carbocycles. The molecule has 0 radical (unpaired) electrons. The van der Waals surface area contributed by atoms with Gasteiger partial charge in [-0.2, -0.15) is 5.10 Å². The van der Waals surface area contributed by atoms with E-state index >= 15 is 0 Å². The van der Waals surface area contributed by atoms with Crippen LogP contribution in [0.15, 0.2) is 6.07 Å². The van der Waals surface area contributed by atoms with Gasteiger partial charge in [0.2, 0.25) is 0 Å². The number of hydrogen-bond acceptors (Lipinski definition) is 8. The van der Waals surface area contributed by atoms with Crippen molar-refractivity contribution in [1.29, 1.82) is 5.41 Å². The first kappa shape index (κ1) is 26.7. The number of aromatic nitrogens is 3. The van der Waals surface area contributed by atoms with Crippen LogP contribution in [-0.4, -0.2) is 72.1 Å². The number of aryl methyl sites for hydroxylation is 2. The summed E-state index contributed by atoms with van der Waals surface area (Å²) in [5, 5.41) is 30.0. The quantitative estimate of drug-likeness (QED) is 0.364. The lowest BCUT2D eigenvalue weighted by atomic mass is 9.60. The average Bonchev–Trinajstić information content (AvgIpc) is 3.22. The van der Waals surface area contributed by atoms with E-state index < -0.39 is 0 Å². The van der Waals surface area contributed by atoms with Crippen molar-refractivity contribution in [1.82, 2.24) is 20.1 Å². The highest BCUT2D eigenvalue weighted by atomic mass is 16.5. The number of aliphatic hydroxyl groups is 1. The molecular formula is C30H45N7O2. The molecule has 0 amide bonds. The Kier molecular flexibility index (Phi) is 7.18. The molecule has 3 atom stereocenters. The molecule has 3 unspecified atom stereocenters. The van der Waals surface area contributed by atoms with Crippen molar-refractivity contribution in [3.63, 3.8) is 0 Å². The van der Waals surface area contributed by atoms with E-state index in [4.69, 9.17) is 15.2 Å². The van der Waals surface area contributed by atoms with Gasteiger partial charge in [-0.05, 0) is 63.4 Å². The standard InChI is InChI=1S/C30H45N7O2/c1-20-11-27(23(13-31)28(32-3)34-20)36-10-7-26-24(14-36)21(2)35-37(26)16-29-8-4-5-22(12-29)25(6-9-29)33-15-30(17-38)18-39-19-30/h11,13,22,25,31,33,38H,4-10,12,14-19H2,1-3H3,(H,32,34). The molecule has 6 rings (SSSR count). The number of ether oxygens (including phenoxy) is 1. The van der Waals surface area contributed by atoms with Crippen LogP contribution in [0.3, 0.4) is 0 Å². The summed E-state index contributed by atoms with van der Waals surface area (Å²) in [6.45, 7) is 9.40. The summed E-state index contributed by atoms with van der Waals surface area (Å²) in [6.07, 6.45) is 10.0. The highest BCUT2D eigenvalue weighted by Crippen LogP contribution is 2.50. The van der Waals surface area contributed by atoms with E-state index in [-0.39, 0.29) is 12.0 Å². The summed E-state index contributed by atoms with van der Waals surface area (Å²) < 4.78 is 7.78. The molecule has 4 aliphatic rings. The lowest BCUT2D eigenvalue weighted by Gasteiger charge is -2.50. The number of anilines is 2. The van der Waals surface area contributed by atoms with Crippen molar-refractivity contribution in [3.8, 4) is 0 Å². The second-order valence-electron chi connectivity index (χ2n) is 12.8. The largest absolute Gasteiger partial charge is 0.396 e. The Morgan fingerprint density at radius 1 is 1.26 bits per heavy atom.